The van der Waals surface area contributed by atoms with Crippen LogP contribution in [0.25, 0.3) is 0 Å². The van der Waals surface area contributed by atoms with Crippen molar-refractivity contribution in [3.05, 3.63) is 0 Å². The molecule has 5 nitrogen and oxygen atoms in total. The second-order valence-electron chi connectivity index (χ2n) is 10.7. The lowest BCUT2D eigenvalue weighted by molar-refractivity contribution is 0.0225. The van der Waals surface area contributed by atoms with Crippen molar-refractivity contribution >= 4 is 6.03 Å². The summed E-state index contributed by atoms with van der Waals surface area (Å²) in [7, 11) is 0. The Labute approximate surface area is 184 Å². The van der Waals surface area contributed by atoms with Crippen LogP contribution in [0.4, 0.5) is 4.79 Å². The molecule has 0 aromatic carbocycles. The van der Waals surface area contributed by atoms with Crippen LogP contribution in [0.5, 0.6) is 0 Å². The van der Waals surface area contributed by atoms with Crippen LogP contribution < -0.4 is 5.73 Å². The van der Waals surface area contributed by atoms with E-state index in [1.54, 1.807) is 0 Å². The van der Waals surface area contributed by atoms with E-state index < -0.39 is 0 Å². The summed E-state index contributed by atoms with van der Waals surface area (Å²) in [6.07, 6.45) is 13.7. The summed E-state index contributed by atoms with van der Waals surface area (Å²) in [6.45, 7) is 8.03. The molecular weight excluding hydrogens is 376 g/mol. The van der Waals surface area contributed by atoms with E-state index in [1.165, 1.54) is 32.1 Å². The molecule has 0 radical (unpaired) electrons. The highest BCUT2D eigenvalue weighted by Crippen LogP contribution is 2.44. The van der Waals surface area contributed by atoms with Crippen LogP contribution in [0.3, 0.4) is 0 Å². The number of urea groups is 1. The van der Waals surface area contributed by atoms with E-state index in [0.29, 0.717) is 17.8 Å². The predicted octanol–water partition coefficient (Wildman–Crippen LogP) is 5.08. The van der Waals surface area contributed by atoms with E-state index >= 15 is 0 Å². The standard InChI is InChI=1S/C25H48N2O3/c1-4-5-6-7-15-25(2,3)20-11-13-23(27(16-14-20)24(26)30)22-18-21(29)12-10-19(22)9-8-17-28/h19-23,28-29H,4-18H2,1-3H3,(H2,26,30). The van der Waals surface area contributed by atoms with Crippen LogP contribution in [-0.4, -0.2) is 46.4 Å². The van der Waals surface area contributed by atoms with Crippen molar-refractivity contribution in [3.63, 3.8) is 0 Å². The molecule has 0 bridgehead atoms. The highest BCUT2D eigenvalue weighted by atomic mass is 16.3. The molecule has 2 fully saturated rings. The maximum absolute atomic E-state index is 12.4. The van der Waals surface area contributed by atoms with Gasteiger partial charge in [0.25, 0.3) is 0 Å². The summed E-state index contributed by atoms with van der Waals surface area (Å²) >= 11 is 0. The van der Waals surface area contributed by atoms with E-state index in [-0.39, 0.29) is 30.2 Å². The third-order valence-corrected chi connectivity index (χ3v) is 8.24. The fraction of sp³-hybridized carbons (Fsp3) is 0.960. The Bertz CT molecular complexity index is 509. The van der Waals surface area contributed by atoms with Gasteiger partial charge in [0.1, 0.15) is 0 Å². The second kappa shape index (κ2) is 12.3. The van der Waals surface area contributed by atoms with Crippen LogP contribution in [-0.2, 0) is 0 Å². The van der Waals surface area contributed by atoms with E-state index in [4.69, 9.17) is 5.73 Å². The van der Waals surface area contributed by atoms with Crippen molar-refractivity contribution in [1.29, 1.82) is 0 Å². The van der Waals surface area contributed by atoms with E-state index in [0.717, 1.165) is 57.9 Å². The third kappa shape index (κ3) is 7.12. The molecule has 5 unspecified atom stereocenters. The van der Waals surface area contributed by atoms with Gasteiger partial charge in [0.15, 0.2) is 0 Å². The highest BCUT2D eigenvalue weighted by Gasteiger charge is 2.41. The molecule has 0 aromatic rings. The number of aliphatic hydroxyl groups excluding tert-OH is 2. The first-order chi connectivity index (χ1) is 14.3. The molecule has 176 valence electrons. The van der Waals surface area contributed by atoms with Gasteiger partial charge in [-0.2, -0.15) is 0 Å². The summed E-state index contributed by atoms with van der Waals surface area (Å²) in [4.78, 5) is 14.3. The van der Waals surface area contributed by atoms with Crippen LogP contribution in [0.1, 0.15) is 104 Å². The lowest BCUT2D eigenvalue weighted by atomic mass is 9.69. The van der Waals surface area contributed by atoms with Gasteiger partial charge in [0, 0.05) is 19.2 Å². The average molecular weight is 425 g/mol. The number of carbonyl (C=O) groups is 1. The minimum Gasteiger partial charge on any atom is -0.396 e. The Morgan fingerprint density at radius 1 is 1.07 bits per heavy atom. The molecule has 2 amide bonds. The minimum absolute atomic E-state index is 0.127. The van der Waals surface area contributed by atoms with Crippen molar-refractivity contribution in [2.24, 2.45) is 28.9 Å². The Morgan fingerprint density at radius 2 is 1.83 bits per heavy atom. The van der Waals surface area contributed by atoms with Crippen molar-refractivity contribution in [2.45, 2.75) is 116 Å². The average Bonchev–Trinajstić information content (AvgIpc) is 2.94. The van der Waals surface area contributed by atoms with E-state index in [1.807, 2.05) is 4.90 Å². The molecule has 1 heterocycles. The quantitative estimate of drug-likeness (QED) is 0.427. The third-order valence-electron chi connectivity index (χ3n) is 8.24. The molecule has 5 atom stereocenters. The number of aliphatic hydroxyl groups is 2. The van der Waals surface area contributed by atoms with Crippen LogP contribution in [0.2, 0.25) is 0 Å². The fourth-order valence-electron chi connectivity index (χ4n) is 6.27. The van der Waals surface area contributed by atoms with Crippen LogP contribution >= 0.6 is 0 Å². The molecule has 1 saturated heterocycles. The van der Waals surface area contributed by atoms with Crippen molar-refractivity contribution in [1.82, 2.24) is 4.90 Å². The SMILES string of the molecule is CCCCCCC(C)(C)C1CCC(C2CC(O)CCC2CCCO)N(C(N)=O)CC1. The zero-order valence-electron chi connectivity index (χ0n) is 19.8. The maximum Gasteiger partial charge on any atom is 0.315 e. The Kier molecular flexibility index (Phi) is 10.4. The Hall–Kier alpha value is -0.810. The Morgan fingerprint density at radius 3 is 2.50 bits per heavy atom. The maximum atomic E-state index is 12.4. The predicted molar refractivity (Wildman–Crippen MR) is 123 cm³/mol. The number of hydrogen-bond acceptors (Lipinski definition) is 3. The summed E-state index contributed by atoms with van der Waals surface area (Å²) < 4.78 is 0. The molecule has 1 saturated carbocycles. The van der Waals surface area contributed by atoms with Crippen LogP contribution in [0, 0.1) is 23.2 Å². The fourth-order valence-corrected chi connectivity index (χ4v) is 6.27. The first kappa shape index (κ1) is 25.5. The van der Waals surface area contributed by atoms with Crippen molar-refractivity contribution in [3.8, 4) is 0 Å². The number of rotatable bonds is 10. The lowest BCUT2D eigenvalue weighted by Gasteiger charge is -2.43. The molecule has 1 aliphatic heterocycles. The van der Waals surface area contributed by atoms with Gasteiger partial charge in [-0.05, 0) is 81.0 Å². The van der Waals surface area contributed by atoms with Gasteiger partial charge in [0.2, 0.25) is 0 Å². The van der Waals surface area contributed by atoms with Gasteiger partial charge in [-0.3, -0.25) is 0 Å². The zero-order chi connectivity index (χ0) is 22.1. The summed E-state index contributed by atoms with van der Waals surface area (Å²) in [5.74, 6) is 1.36. The molecule has 2 aliphatic rings. The van der Waals surface area contributed by atoms with Gasteiger partial charge in [0.05, 0.1) is 6.10 Å². The molecular formula is C25H48N2O3. The highest BCUT2D eigenvalue weighted by molar-refractivity contribution is 5.72. The number of hydrogen-bond donors (Lipinski definition) is 3. The first-order valence-electron chi connectivity index (χ1n) is 12.6. The molecule has 2 rings (SSSR count). The number of nitrogens with zero attached hydrogens (tertiary/aromatic N) is 1. The van der Waals surface area contributed by atoms with Gasteiger partial charge < -0.3 is 20.8 Å². The van der Waals surface area contributed by atoms with Gasteiger partial charge >= 0.3 is 6.03 Å². The van der Waals surface area contributed by atoms with Gasteiger partial charge in [-0.15, -0.1) is 0 Å². The van der Waals surface area contributed by atoms with Gasteiger partial charge in [-0.25, -0.2) is 4.79 Å². The minimum atomic E-state index is -0.303. The summed E-state index contributed by atoms with van der Waals surface area (Å²) in [5, 5.41) is 19.7. The first-order valence-corrected chi connectivity index (χ1v) is 12.6. The second-order valence-corrected chi connectivity index (χ2v) is 10.7. The smallest absolute Gasteiger partial charge is 0.315 e. The van der Waals surface area contributed by atoms with E-state index in [9.17, 15) is 15.0 Å². The molecule has 30 heavy (non-hydrogen) atoms. The number of unbranched alkanes of at least 4 members (excludes halogenated alkanes) is 3. The Balaban J connectivity index is 2.10. The number of amides is 2. The monoisotopic (exact) mass is 424 g/mol. The van der Waals surface area contributed by atoms with Crippen molar-refractivity contribution in [2.75, 3.05) is 13.2 Å². The van der Waals surface area contributed by atoms with E-state index in [2.05, 4.69) is 20.8 Å². The number of carbonyl (C=O) groups excluding carboxylic acids is 1. The molecule has 1 aliphatic carbocycles. The normalized spacial score (nSPS) is 30.8. The summed E-state index contributed by atoms with van der Waals surface area (Å²) in [6, 6.07) is -0.176. The molecule has 0 aromatic heterocycles. The van der Waals surface area contributed by atoms with Crippen molar-refractivity contribution < 1.29 is 15.0 Å². The number of likely N-dealkylation sites (tertiary alicyclic amines) is 1. The number of nitrogens with two attached hydrogens (primary N) is 1. The zero-order valence-corrected chi connectivity index (χ0v) is 19.8. The van der Waals surface area contributed by atoms with Crippen LogP contribution in [0.15, 0.2) is 0 Å². The lowest BCUT2D eigenvalue weighted by Crippen LogP contribution is -2.50. The molecule has 4 N–H and O–H groups in total. The van der Waals surface area contributed by atoms with Gasteiger partial charge in [-0.1, -0.05) is 46.5 Å². The molecule has 5 heteroatoms. The largest absolute Gasteiger partial charge is 0.396 e. The topological polar surface area (TPSA) is 86.8 Å². The molecule has 0 spiro atoms. The number of primary amides is 1. The summed E-state index contributed by atoms with van der Waals surface area (Å²) in [5.41, 5.74) is 6.15.